The van der Waals surface area contributed by atoms with Crippen LogP contribution in [0.2, 0.25) is 0 Å². The number of rotatable bonds is 3. The van der Waals surface area contributed by atoms with Crippen LogP contribution in [-0.2, 0) is 16.2 Å². The Morgan fingerprint density at radius 3 is 2.20 bits per heavy atom. The van der Waals surface area contributed by atoms with Gasteiger partial charge in [0.1, 0.15) is 0 Å². The highest BCUT2D eigenvalue weighted by Crippen LogP contribution is 2.37. The third-order valence-electron chi connectivity index (χ3n) is 4.84. The highest BCUT2D eigenvalue weighted by molar-refractivity contribution is 7.89. The molecule has 0 unspecified atom stereocenters. The van der Waals surface area contributed by atoms with E-state index in [0.717, 1.165) is 18.6 Å². The maximum absolute atomic E-state index is 13.2. The van der Waals surface area contributed by atoms with Crippen molar-refractivity contribution >= 4 is 10.0 Å². The van der Waals surface area contributed by atoms with E-state index in [4.69, 9.17) is 0 Å². The monoisotopic (exact) mass is 371 g/mol. The second-order valence-electron chi connectivity index (χ2n) is 6.40. The van der Waals surface area contributed by atoms with Crippen molar-refractivity contribution in [3.63, 3.8) is 0 Å². The van der Waals surface area contributed by atoms with Gasteiger partial charge in [-0.15, -0.1) is 0 Å². The molecule has 0 amide bonds. The molecule has 2 aliphatic rings. The second kappa shape index (κ2) is 6.96. The van der Waals surface area contributed by atoms with Crippen molar-refractivity contribution in [2.45, 2.75) is 30.3 Å². The van der Waals surface area contributed by atoms with E-state index in [9.17, 15) is 21.6 Å². The Bertz CT molecular complexity index is 764. The van der Waals surface area contributed by atoms with Gasteiger partial charge in [-0.2, -0.15) is 17.5 Å². The summed E-state index contributed by atoms with van der Waals surface area (Å²) in [6, 6.07) is 4.39. The third-order valence-corrected chi connectivity index (χ3v) is 6.80. The molecule has 1 fully saturated rings. The van der Waals surface area contributed by atoms with Crippen LogP contribution in [0, 0.1) is 11.8 Å². The van der Waals surface area contributed by atoms with Gasteiger partial charge in [0.25, 0.3) is 0 Å². The fourth-order valence-corrected chi connectivity index (χ4v) is 5.18. The summed E-state index contributed by atoms with van der Waals surface area (Å²) < 4.78 is 66.1. The van der Waals surface area contributed by atoms with Crippen LogP contribution in [0.5, 0.6) is 0 Å². The number of halogens is 3. The molecule has 0 aromatic heterocycles. The van der Waals surface area contributed by atoms with Crippen LogP contribution in [0.1, 0.15) is 24.8 Å². The first-order chi connectivity index (χ1) is 11.8. The average Bonchev–Trinajstić information content (AvgIpc) is 2.62. The van der Waals surface area contributed by atoms with Crippen molar-refractivity contribution in [3.8, 4) is 0 Å². The van der Waals surface area contributed by atoms with Gasteiger partial charge in [-0.25, -0.2) is 8.42 Å². The number of alkyl halides is 3. The molecule has 136 valence electrons. The average molecular weight is 371 g/mol. The Hall–Kier alpha value is -1.60. The Morgan fingerprint density at radius 1 is 1.00 bits per heavy atom. The lowest BCUT2D eigenvalue weighted by Gasteiger charge is -2.34. The first kappa shape index (κ1) is 18.2. The molecule has 7 heteroatoms. The highest BCUT2D eigenvalue weighted by atomic mass is 32.2. The minimum absolute atomic E-state index is 0.247. The standard InChI is InChI=1S/C18H20F3NO2S/c19-18(20,21)16-8-4-5-9-17(16)25(23,24)22-12-10-15(11-13-22)14-6-2-1-3-7-14/h2-9,14-15H,1,10-13H2. The van der Waals surface area contributed by atoms with Crippen molar-refractivity contribution in [3.05, 3.63) is 54.1 Å². The summed E-state index contributed by atoms with van der Waals surface area (Å²) in [5.41, 5.74) is -1.10. The number of hydrogen-bond donors (Lipinski definition) is 0. The summed E-state index contributed by atoms with van der Waals surface area (Å²) in [6.45, 7) is 0.495. The van der Waals surface area contributed by atoms with Crippen LogP contribution >= 0.6 is 0 Å². The Morgan fingerprint density at radius 2 is 1.60 bits per heavy atom. The van der Waals surface area contributed by atoms with Gasteiger partial charge in [-0.05, 0) is 43.2 Å². The maximum atomic E-state index is 13.2. The van der Waals surface area contributed by atoms with E-state index in [1.54, 1.807) is 0 Å². The van der Waals surface area contributed by atoms with Crippen LogP contribution in [0.4, 0.5) is 13.2 Å². The van der Waals surface area contributed by atoms with Crippen molar-refractivity contribution in [1.29, 1.82) is 0 Å². The zero-order valence-corrected chi connectivity index (χ0v) is 14.4. The minimum atomic E-state index is -4.69. The van der Waals surface area contributed by atoms with E-state index in [2.05, 4.69) is 24.3 Å². The molecule has 1 aromatic carbocycles. The van der Waals surface area contributed by atoms with Gasteiger partial charge in [0.2, 0.25) is 10.0 Å². The van der Waals surface area contributed by atoms with Gasteiger partial charge in [-0.1, -0.05) is 36.4 Å². The Balaban J connectivity index is 1.78. The first-order valence-electron chi connectivity index (χ1n) is 8.30. The van der Waals surface area contributed by atoms with Crippen molar-refractivity contribution < 1.29 is 21.6 Å². The fourth-order valence-electron chi connectivity index (χ4n) is 3.49. The molecule has 3 rings (SSSR count). The van der Waals surface area contributed by atoms with E-state index in [1.165, 1.54) is 16.4 Å². The maximum Gasteiger partial charge on any atom is 0.417 e. The largest absolute Gasteiger partial charge is 0.417 e. The Kier molecular flexibility index (Phi) is 5.06. The molecule has 0 N–H and O–H groups in total. The molecule has 1 aliphatic heterocycles. The molecule has 25 heavy (non-hydrogen) atoms. The van der Waals surface area contributed by atoms with E-state index < -0.39 is 26.7 Å². The van der Waals surface area contributed by atoms with Gasteiger partial charge in [0, 0.05) is 13.1 Å². The molecule has 0 radical (unpaired) electrons. The minimum Gasteiger partial charge on any atom is -0.207 e. The van der Waals surface area contributed by atoms with Crippen LogP contribution in [-0.4, -0.2) is 25.8 Å². The normalized spacial score (nSPS) is 20.9. The summed E-state index contributed by atoms with van der Waals surface area (Å²) in [5.74, 6) is 0.623. The lowest BCUT2D eigenvalue weighted by atomic mass is 9.83. The predicted molar refractivity (Wildman–Crippen MR) is 89.3 cm³/mol. The lowest BCUT2D eigenvalue weighted by molar-refractivity contribution is -0.139. The Labute approximate surface area is 145 Å². The number of sulfonamides is 1. The zero-order chi connectivity index (χ0) is 18.1. The summed E-state index contributed by atoms with van der Waals surface area (Å²) >= 11 is 0. The molecule has 1 aromatic rings. The smallest absolute Gasteiger partial charge is 0.207 e. The number of benzene rings is 1. The topological polar surface area (TPSA) is 37.4 Å². The molecular weight excluding hydrogens is 351 g/mol. The van der Waals surface area contributed by atoms with E-state index in [-0.39, 0.29) is 13.1 Å². The number of piperidine rings is 1. The van der Waals surface area contributed by atoms with E-state index in [1.807, 2.05) is 0 Å². The molecule has 1 saturated heterocycles. The molecule has 0 atom stereocenters. The zero-order valence-electron chi connectivity index (χ0n) is 13.6. The second-order valence-corrected chi connectivity index (χ2v) is 8.31. The van der Waals surface area contributed by atoms with Gasteiger partial charge >= 0.3 is 6.18 Å². The third kappa shape index (κ3) is 3.82. The number of nitrogens with zero attached hydrogens (tertiary/aromatic N) is 1. The molecule has 0 bridgehead atoms. The molecule has 1 aliphatic carbocycles. The van der Waals surface area contributed by atoms with Gasteiger partial charge in [0.15, 0.2) is 0 Å². The van der Waals surface area contributed by atoms with Crippen LogP contribution < -0.4 is 0 Å². The van der Waals surface area contributed by atoms with Crippen LogP contribution in [0.25, 0.3) is 0 Å². The summed E-state index contributed by atoms with van der Waals surface area (Å²) in [4.78, 5) is -0.654. The van der Waals surface area contributed by atoms with Crippen molar-refractivity contribution in [2.24, 2.45) is 11.8 Å². The number of allylic oxidation sites excluding steroid dienone is 4. The summed E-state index contributed by atoms with van der Waals surface area (Å²) in [6.07, 6.45) is 5.96. The summed E-state index contributed by atoms with van der Waals surface area (Å²) in [5, 5.41) is 0. The first-order valence-corrected chi connectivity index (χ1v) is 9.74. The lowest BCUT2D eigenvalue weighted by Crippen LogP contribution is -2.40. The van der Waals surface area contributed by atoms with Crippen LogP contribution in [0.15, 0.2) is 53.5 Å². The number of hydrogen-bond acceptors (Lipinski definition) is 2. The molecule has 0 saturated carbocycles. The quantitative estimate of drug-likeness (QED) is 0.746. The van der Waals surface area contributed by atoms with E-state index in [0.29, 0.717) is 24.7 Å². The molecule has 3 nitrogen and oxygen atoms in total. The van der Waals surface area contributed by atoms with E-state index >= 15 is 0 Å². The highest BCUT2D eigenvalue weighted by Gasteiger charge is 2.39. The molecule has 0 spiro atoms. The van der Waals surface area contributed by atoms with Gasteiger partial charge in [0.05, 0.1) is 10.5 Å². The summed E-state index contributed by atoms with van der Waals surface area (Å²) in [7, 11) is -4.15. The van der Waals surface area contributed by atoms with Crippen molar-refractivity contribution in [1.82, 2.24) is 4.31 Å². The molecule has 1 heterocycles. The molecular formula is C18H20F3NO2S. The van der Waals surface area contributed by atoms with Crippen molar-refractivity contribution in [2.75, 3.05) is 13.1 Å². The van der Waals surface area contributed by atoms with Gasteiger partial charge in [-0.3, -0.25) is 0 Å². The fraction of sp³-hybridized carbons (Fsp3) is 0.444. The van der Waals surface area contributed by atoms with Crippen LogP contribution in [0.3, 0.4) is 0 Å². The van der Waals surface area contributed by atoms with Gasteiger partial charge < -0.3 is 0 Å². The SMILES string of the molecule is O=S(=O)(c1ccccc1C(F)(F)F)N1CCC(C2C=CCC=C2)CC1. The predicted octanol–water partition coefficient (Wildman–Crippen LogP) is 4.24.